The first-order valence-electron chi connectivity index (χ1n) is 4.41. The number of benzene rings is 1. The third-order valence-corrected chi connectivity index (χ3v) is 2.81. The van der Waals surface area contributed by atoms with Crippen LogP contribution in [0, 0.1) is 3.57 Å². The van der Waals surface area contributed by atoms with Gasteiger partial charge in [-0.3, -0.25) is 0 Å². The monoisotopic (exact) mass is 334 g/mol. The molecule has 86 valence electrons. The molecule has 0 unspecified atom stereocenters. The topological polar surface area (TPSA) is 55.8 Å². The third kappa shape index (κ3) is 3.13. The van der Waals surface area contributed by atoms with Crippen molar-refractivity contribution < 1.29 is 19.4 Å². The number of rotatable bonds is 4. The van der Waals surface area contributed by atoms with Crippen LogP contribution in [0.2, 0.25) is 0 Å². The summed E-state index contributed by atoms with van der Waals surface area (Å²) in [5.74, 6) is 0.267. The zero-order valence-electron chi connectivity index (χ0n) is 8.86. The first kappa shape index (κ1) is 12.8. The van der Waals surface area contributed by atoms with E-state index < -0.39 is 5.97 Å². The quantitative estimate of drug-likeness (QED) is 0.679. The van der Waals surface area contributed by atoms with Gasteiger partial charge in [-0.05, 0) is 34.7 Å². The minimum Gasteiger partial charge on any atom is -0.497 e. The number of carboxylic acid groups (broad SMARTS) is 1. The lowest BCUT2D eigenvalue weighted by molar-refractivity contribution is -0.131. The van der Waals surface area contributed by atoms with E-state index in [4.69, 9.17) is 14.6 Å². The Morgan fingerprint density at radius 3 is 2.56 bits per heavy atom. The SMILES string of the molecule is COc1cc(I)c(/C=C/C(=O)O)c(OC)c1. The van der Waals surface area contributed by atoms with E-state index in [0.717, 1.165) is 15.2 Å². The molecule has 4 nitrogen and oxygen atoms in total. The van der Waals surface area contributed by atoms with E-state index in [1.807, 2.05) is 6.07 Å². The van der Waals surface area contributed by atoms with Gasteiger partial charge in [-0.25, -0.2) is 4.79 Å². The Hall–Kier alpha value is -1.24. The maximum absolute atomic E-state index is 10.5. The lowest BCUT2D eigenvalue weighted by atomic mass is 10.1. The van der Waals surface area contributed by atoms with Crippen molar-refractivity contribution in [3.8, 4) is 11.5 Å². The van der Waals surface area contributed by atoms with Crippen LogP contribution < -0.4 is 9.47 Å². The number of halogens is 1. The summed E-state index contributed by atoms with van der Waals surface area (Å²) in [7, 11) is 3.10. The van der Waals surface area contributed by atoms with Gasteiger partial charge in [0.05, 0.1) is 14.2 Å². The highest BCUT2D eigenvalue weighted by Gasteiger charge is 2.08. The summed E-state index contributed by atoms with van der Waals surface area (Å²) in [4.78, 5) is 10.5. The minimum absolute atomic E-state index is 0.584. The number of ether oxygens (including phenoxy) is 2. The summed E-state index contributed by atoms with van der Waals surface area (Å²) in [5.41, 5.74) is 0.728. The largest absolute Gasteiger partial charge is 0.497 e. The number of hydrogen-bond acceptors (Lipinski definition) is 3. The van der Waals surface area contributed by atoms with E-state index in [9.17, 15) is 4.79 Å². The molecule has 16 heavy (non-hydrogen) atoms. The van der Waals surface area contributed by atoms with Gasteiger partial charge in [0.2, 0.25) is 0 Å². The third-order valence-electron chi connectivity index (χ3n) is 1.91. The number of methoxy groups -OCH3 is 2. The summed E-state index contributed by atoms with van der Waals surface area (Å²) < 4.78 is 11.1. The summed E-state index contributed by atoms with van der Waals surface area (Å²) in [5, 5.41) is 8.58. The van der Waals surface area contributed by atoms with Crippen molar-refractivity contribution in [3.05, 3.63) is 27.3 Å². The Kier molecular flexibility index (Phi) is 4.60. The predicted octanol–water partition coefficient (Wildman–Crippen LogP) is 2.41. The van der Waals surface area contributed by atoms with Crippen LogP contribution in [0.25, 0.3) is 6.08 Å². The molecule has 0 atom stereocenters. The van der Waals surface area contributed by atoms with E-state index in [1.165, 1.54) is 13.2 Å². The fraction of sp³-hybridized carbons (Fsp3) is 0.182. The van der Waals surface area contributed by atoms with E-state index in [2.05, 4.69) is 22.6 Å². The van der Waals surface area contributed by atoms with Crippen molar-refractivity contribution in [2.75, 3.05) is 14.2 Å². The molecule has 0 saturated heterocycles. The van der Waals surface area contributed by atoms with Crippen LogP contribution in [0.5, 0.6) is 11.5 Å². The Morgan fingerprint density at radius 1 is 1.38 bits per heavy atom. The molecular weight excluding hydrogens is 323 g/mol. The second kappa shape index (κ2) is 5.74. The molecule has 0 heterocycles. The standard InChI is InChI=1S/C11H11IO4/c1-15-7-5-9(12)8(3-4-11(13)14)10(6-7)16-2/h3-6H,1-2H3,(H,13,14)/b4-3+. The second-order valence-electron chi connectivity index (χ2n) is 2.90. The number of carbonyl (C=O) groups is 1. The van der Waals surface area contributed by atoms with Crippen molar-refractivity contribution in [3.63, 3.8) is 0 Å². The van der Waals surface area contributed by atoms with Crippen LogP contribution in [-0.2, 0) is 4.79 Å². The summed E-state index contributed by atoms with van der Waals surface area (Å²) in [6.07, 6.45) is 2.58. The van der Waals surface area contributed by atoms with Gasteiger partial charge in [0.25, 0.3) is 0 Å². The first-order valence-corrected chi connectivity index (χ1v) is 5.49. The van der Waals surface area contributed by atoms with E-state index in [-0.39, 0.29) is 0 Å². The number of hydrogen-bond donors (Lipinski definition) is 1. The van der Waals surface area contributed by atoms with Gasteiger partial charge in [-0.15, -0.1) is 0 Å². The zero-order chi connectivity index (χ0) is 12.1. The van der Waals surface area contributed by atoms with Crippen LogP contribution in [0.3, 0.4) is 0 Å². The van der Waals surface area contributed by atoms with Crippen LogP contribution in [0.4, 0.5) is 0 Å². The fourth-order valence-corrected chi connectivity index (χ4v) is 1.92. The Bertz CT molecular complexity index is 426. The maximum atomic E-state index is 10.5. The van der Waals surface area contributed by atoms with Gasteiger partial charge >= 0.3 is 5.97 Å². The first-order chi connectivity index (χ1) is 7.58. The molecule has 1 N–H and O–H groups in total. The van der Waals surface area contributed by atoms with Crippen LogP contribution in [0.15, 0.2) is 18.2 Å². The molecule has 0 aliphatic heterocycles. The van der Waals surface area contributed by atoms with Gasteiger partial charge in [0.15, 0.2) is 0 Å². The Morgan fingerprint density at radius 2 is 2.06 bits per heavy atom. The Balaban J connectivity index is 3.21. The molecule has 0 saturated carbocycles. The van der Waals surface area contributed by atoms with E-state index in [1.54, 1.807) is 13.2 Å². The number of carboxylic acids is 1. The lowest BCUT2D eigenvalue weighted by Gasteiger charge is -2.09. The Labute approximate surface area is 107 Å². The highest BCUT2D eigenvalue weighted by Crippen LogP contribution is 2.30. The molecule has 0 spiro atoms. The van der Waals surface area contributed by atoms with Crippen LogP contribution in [-0.4, -0.2) is 25.3 Å². The summed E-state index contributed by atoms with van der Waals surface area (Å²) in [6, 6.07) is 3.52. The molecule has 5 heteroatoms. The van der Waals surface area contributed by atoms with Crippen molar-refractivity contribution in [1.82, 2.24) is 0 Å². The van der Waals surface area contributed by atoms with Crippen molar-refractivity contribution in [2.24, 2.45) is 0 Å². The molecular formula is C11H11IO4. The summed E-state index contributed by atoms with van der Waals surface area (Å²) in [6.45, 7) is 0. The molecule has 0 aliphatic carbocycles. The van der Waals surface area contributed by atoms with E-state index >= 15 is 0 Å². The van der Waals surface area contributed by atoms with Crippen molar-refractivity contribution in [2.45, 2.75) is 0 Å². The average Bonchev–Trinajstić information content (AvgIpc) is 2.26. The predicted molar refractivity (Wildman–Crippen MR) is 68.9 cm³/mol. The van der Waals surface area contributed by atoms with Crippen LogP contribution >= 0.6 is 22.6 Å². The lowest BCUT2D eigenvalue weighted by Crippen LogP contribution is -1.94. The molecule has 1 aromatic carbocycles. The molecule has 1 rings (SSSR count). The molecule has 0 aromatic heterocycles. The molecule has 0 radical (unpaired) electrons. The summed E-state index contributed by atoms with van der Waals surface area (Å²) >= 11 is 2.10. The highest BCUT2D eigenvalue weighted by molar-refractivity contribution is 14.1. The second-order valence-corrected chi connectivity index (χ2v) is 4.06. The molecule has 0 fully saturated rings. The maximum Gasteiger partial charge on any atom is 0.328 e. The fourth-order valence-electron chi connectivity index (χ4n) is 1.17. The van der Waals surface area contributed by atoms with E-state index in [0.29, 0.717) is 11.5 Å². The molecule has 1 aromatic rings. The average molecular weight is 334 g/mol. The van der Waals surface area contributed by atoms with Crippen molar-refractivity contribution in [1.29, 1.82) is 0 Å². The van der Waals surface area contributed by atoms with Crippen LogP contribution in [0.1, 0.15) is 5.56 Å². The molecule has 0 bridgehead atoms. The normalized spacial score (nSPS) is 10.4. The smallest absolute Gasteiger partial charge is 0.328 e. The van der Waals surface area contributed by atoms with Gasteiger partial charge in [-0.1, -0.05) is 0 Å². The van der Waals surface area contributed by atoms with Gasteiger partial charge in [0.1, 0.15) is 11.5 Å². The van der Waals surface area contributed by atoms with Gasteiger partial charge in [-0.2, -0.15) is 0 Å². The van der Waals surface area contributed by atoms with Gasteiger partial charge in [0, 0.05) is 21.3 Å². The number of aliphatic carboxylic acids is 1. The zero-order valence-corrected chi connectivity index (χ0v) is 11.0. The van der Waals surface area contributed by atoms with Crippen molar-refractivity contribution >= 4 is 34.6 Å². The highest BCUT2D eigenvalue weighted by atomic mass is 127. The van der Waals surface area contributed by atoms with Gasteiger partial charge < -0.3 is 14.6 Å². The molecule has 0 amide bonds. The molecule has 0 aliphatic rings. The minimum atomic E-state index is -0.992.